The Bertz CT molecular complexity index is 418. The van der Waals surface area contributed by atoms with Crippen LogP contribution in [0.5, 0.6) is 0 Å². The summed E-state index contributed by atoms with van der Waals surface area (Å²) in [5, 5.41) is 12.6. The Morgan fingerprint density at radius 1 is 1.29 bits per heavy atom. The first-order chi connectivity index (χ1) is 9.28. The zero-order chi connectivity index (χ0) is 15.2. The van der Waals surface area contributed by atoms with Gasteiger partial charge in [0.2, 0.25) is 5.91 Å². The summed E-state index contributed by atoms with van der Waals surface area (Å²) in [5.41, 5.74) is 6.97. The van der Waals surface area contributed by atoms with Crippen molar-refractivity contribution in [2.75, 3.05) is 6.54 Å². The first-order valence-electron chi connectivity index (χ1n) is 7.03. The fourth-order valence-corrected chi connectivity index (χ4v) is 2.10. The van der Waals surface area contributed by atoms with E-state index in [2.05, 4.69) is 26.1 Å². The zero-order valence-electron chi connectivity index (χ0n) is 13.0. The molecule has 0 aliphatic heterocycles. The summed E-state index contributed by atoms with van der Waals surface area (Å²) < 4.78 is 0. The Labute approximate surface area is 133 Å². The third-order valence-electron chi connectivity index (χ3n) is 3.02. The van der Waals surface area contributed by atoms with E-state index in [-0.39, 0.29) is 42.7 Å². The SMILES string of the molecule is CC(C)(C)CC(O)CNC(=O)CC(N)c1ccccc1.Cl. The van der Waals surface area contributed by atoms with Gasteiger partial charge in [-0.3, -0.25) is 4.79 Å². The van der Waals surface area contributed by atoms with E-state index < -0.39 is 6.10 Å². The molecular formula is C16H27ClN2O2. The van der Waals surface area contributed by atoms with Crippen LogP contribution in [0.25, 0.3) is 0 Å². The molecule has 2 atom stereocenters. The third-order valence-corrected chi connectivity index (χ3v) is 3.02. The number of benzene rings is 1. The number of hydrogen-bond donors (Lipinski definition) is 3. The average Bonchev–Trinajstić information content (AvgIpc) is 2.35. The number of rotatable bonds is 6. The predicted octanol–water partition coefficient (Wildman–Crippen LogP) is 2.41. The highest BCUT2D eigenvalue weighted by molar-refractivity contribution is 5.85. The number of halogens is 1. The van der Waals surface area contributed by atoms with Crippen LogP contribution in [-0.4, -0.2) is 23.7 Å². The molecule has 0 aliphatic carbocycles. The number of aliphatic hydroxyl groups is 1. The topological polar surface area (TPSA) is 75.3 Å². The van der Waals surface area contributed by atoms with Crippen LogP contribution >= 0.6 is 12.4 Å². The molecule has 0 spiro atoms. The molecule has 2 unspecified atom stereocenters. The molecule has 120 valence electrons. The predicted molar refractivity (Wildman–Crippen MR) is 88.3 cm³/mol. The fourth-order valence-electron chi connectivity index (χ4n) is 2.10. The standard InChI is InChI=1S/C16H26N2O2.ClH/c1-16(2,3)10-13(19)11-18-15(20)9-14(17)12-7-5-4-6-8-12;/h4-8,13-14,19H,9-11,17H2,1-3H3,(H,18,20);1H. The van der Waals surface area contributed by atoms with Gasteiger partial charge >= 0.3 is 0 Å². The number of carbonyl (C=O) groups excluding carboxylic acids is 1. The second-order valence-electron chi connectivity index (χ2n) is 6.44. The molecule has 0 heterocycles. The van der Waals surface area contributed by atoms with Crippen molar-refractivity contribution in [3.8, 4) is 0 Å². The summed E-state index contributed by atoms with van der Waals surface area (Å²) in [6.07, 6.45) is 0.358. The summed E-state index contributed by atoms with van der Waals surface area (Å²) in [7, 11) is 0. The molecule has 0 aliphatic rings. The van der Waals surface area contributed by atoms with E-state index in [4.69, 9.17) is 5.73 Å². The van der Waals surface area contributed by atoms with E-state index >= 15 is 0 Å². The van der Waals surface area contributed by atoms with E-state index in [1.165, 1.54) is 0 Å². The number of nitrogens with two attached hydrogens (primary N) is 1. The van der Waals surface area contributed by atoms with Crippen LogP contribution in [0.2, 0.25) is 0 Å². The van der Waals surface area contributed by atoms with E-state index in [0.717, 1.165) is 5.56 Å². The van der Waals surface area contributed by atoms with Crippen molar-refractivity contribution in [3.63, 3.8) is 0 Å². The van der Waals surface area contributed by atoms with Crippen LogP contribution < -0.4 is 11.1 Å². The number of carbonyl (C=O) groups is 1. The minimum absolute atomic E-state index is 0. The molecule has 0 saturated heterocycles. The highest BCUT2D eigenvalue weighted by atomic mass is 35.5. The number of amides is 1. The molecule has 4 N–H and O–H groups in total. The molecule has 4 nitrogen and oxygen atoms in total. The fraction of sp³-hybridized carbons (Fsp3) is 0.562. The van der Waals surface area contributed by atoms with Crippen molar-refractivity contribution in [1.29, 1.82) is 0 Å². The van der Waals surface area contributed by atoms with Crippen molar-refractivity contribution in [2.24, 2.45) is 11.1 Å². The highest BCUT2D eigenvalue weighted by Crippen LogP contribution is 2.20. The van der Waals surface area contributed by atoms with Crippen molar-refractivity contribution in [3.05, 3.63) is 35.9 Å². The Balaban J connectivity index is 0.00000400. The molecule has 1 aromatic rings. The Morgan fingerprint density at radius 3 is 2.38 bits per heavy atom. The monoisotopic (exact) mass is 314 g/mol. The third kappa shape index (κ3) is 8.71. The first-order valence-corrected chi connectivity index (χ1v) is 7.03. The van der Waals surface area contributed by atoms with Crippen molar-refractivity contribution in [1.82, 2.24) is 5.32 Å². The Kier molecular flexibility index (Phi) is 8.55. The quantitative estimate of drug-likeness (QED) is 0.755. The van der Waals surface area contributed by atoms with Gasteiger partial charge in [0.25, 0.3) is 0 Å². The molecule has 0 bridgehead atoms. The van der Waals surface area contributed by atoms with Gasteiger partial charge in [0.15, 0.2) is 0 Å². The molecule has 0 fully saturated rings. The first kappa shape index (κ1) is 19.9. The Morgan fingerprint density at radius 2 is 1.86 bits per heavy atom. The highest BCUT2D eigenvalue weighted by Gasteiger charge is 2.18. The summed E-state index contributed by atoms with van der Waals surface area (Å²) in [6, 6.07) is 9.23. The lowest BCUT2D eigenvalue weighted by Gasteiger charge is -2.22. The Hall–Kier alpha value is -1.10. The number of aliphatic hydroxyl groups excluding tert-OH is 1. The molecule has 5 heteroatoms. The van der Waals surface area contributed by atoms with Crippen LogP contribution in [0.3, 0.4) is 0 Å². The minimum atomic E-state index is -0.521. The van der Waals surface area contributed by atoms with E-state index in [0.29, 0.717) is 6.42 Å². The molecule has 1 rings (SSSR count). The van der Waals surface area contributed by atoms with Gasteiger partial charge < -0.3 is 16.2 Å². The average molecular weight is 315 g/mol. The van der Waals surface area contributed by atoms with Gasteiger partial charge in [0.05, 0.1) is 6.10 Å². The van der Waals surface area contributed by atoms with Crippen LogP contribution in [0.1, 0.15) is 45.2 Å². The molecular weight excluding hydrogens is 288 g/mol. The van der Waals surface area contributed by atoms with Crippen molar-refractivity contribution in [2.45, 2.75) is 45.8 Å². The van der Waals surface area contributed by atoms with Gasteiger partial charge in [0, 0.05) is 19.0 Å². The van der Waals surface area contributed by atoms with E-state index in [1.54, 1.807) is 0 Å². The normalized spacial score (nSPS) is 14.0. The number of nitrogens with one attached hydrogen (secondary N) is 1. The number of hydrogen-bond acceptors (Lipinski definition) is 3. The summed E-state index contributed by atoms with van der Waals surface area (Å²) in [5.74, 6) is -0.130. The molecule has 1 amide bonds. The molecule has 21 heavy (non-hydrogen) atoms. The molecule has 0 radical (unpaired) electrons. The molecule has 1 aromatic carbocycles. The van der Waals surface area contributed by atoms with E-state index in [1.807, 2.05) is 30.3 Å². The van der Waals surface area contributed by atoms with Gasteiger partial charge in [-0.25, -0.2) is 0 Å². The van der Waals surface area contributed by atoms with Gasteiger partial charge in [-0.15, -0.1) is 12.4 Å². The van der Waals surface area contributed by atoms with Crippen molar-refractivity contribution >= 4 is 18.3 Å². The lowest BCUT2D eigenvalue weighted by molar-refractivity contribution is -0.122. The van der Waals surface area contributed by atoms with Gasteiger partial charge in [-0.1, -0.05) is 51.1 Å². The van der Waals surface area contributed by atoms with Gasteiger partial charge in [-0.05, 0) is 17.4 Å². The van der Waals surface area contributed by atoms with Crippen LogP contribution in [0, 0.1) is 5.41 Å². The maximum Gasteiger partial charge on any atom is 0.221 e. The van der Waals surface area contributed by atoms with Crippen LogP contribution in [0.4, 0.5) is 0 Å². The molecule has 0 aromatic heterocycles. The zero-order valence-corrected chi connectivity index (χ0v) is 13.8. The van der Waals surface area contributed by atoms with Crippen molar-refractivity contribution < 1.29 is 9.90 Å². The second-order valence-corrected chi connectivity index (χ2v) is 6.44. The smallest absolute Gasteiger partial charge is 0.221 e. The summed E-state index contributed by atoms with van der Waals surface area (Å²) in [4.78, 5) is 11.8. The minimum Gasteiger partial charge on any atom is -0.391 e. The van der Waals surface area contributed by atoms with Crippen LogP contribution in [-0.2, 0) is 4.79 Å². The second kappa shape index (κ2) is 9.03. The maximum atomic E-state index is 11.8. The van der Waals surface area contributed by atoms with Crippen LogP contribution in [0.15, 0.2) is 30.3 Å². The largest absolute Gasteiger partial charge is 0.391 e. The van der Waals surface area contributed by atoms with E-state index in [9.17, 15) is 9.90 Å². The summed E-state index contributed by atoms with van der Waals surface area (Å²) >= 11 is 0. The lowest BCUT2D eigenvalue weighted by Crippen LogP contribution is -2.35. The van der Waals surface area contributed by atoms with Gasteiger partial charge in [0.1, 0.15) is 0 Å². The maximum absolute atomic E-state index is 11.8. The lowest BCUT2D eigenvalue weighted by atomic mass is 9.89. The summed E-state index contributed by atoms with van der Waals surface area (Å²) in [6.45, 7) is 6.45. The molecule has 0 saturated carbocycles. The van der Waals surface area contributed by atoms with Gasteiger partial charge in [-0.2, -0.15) is 0 Å².